The standard InChI is InChI=1S/C22H21ClN2O4S/c1-14(2)17-7-9-18(10-8-17)29-21(26)20-19(23)12-24-22(25-20)30(27,28)13-16-6-4-5-15(3)11-16/h4-12,14H,13H2,1-3H3. The van der Waals surface area contributed by atoms with Gasteiger partial charge in [0, 0.05) is 0 Å². The molecule has 1 heterocycles. The molecule has 8 heteroatoms. The van der Waals surface area contributed by atoms with E-state index in [2.05, 4.69) is 23.8 Å². The average Bonchev–Trinajstić information content (AvgIpc) is 2.68. The third-order valence-electron chi connectivity index (χ3n) is 4.39. The second-order valence-electron chi connectivity index (χ2n) is 7.21. The van der Waals surface area contributed by atoms with Crippen LogP contribution in [0.25, 0.3) is 0 Å². The van der Waals surface area contributed by atoms with Crippen LogP contribution in [-0.4, -0.2) is 24.4 Å². The number of carbonyl (C=O) groups excluding carboxylic acids is 1. The van der Waals surface area contributed by atoms with Gasteiger partial charge in [0.05, 0.1) is 17.0 Å². The number of hydrogen-bond donors (Lipinski definition) is 0. The van der Waals surface area contributed by atoms with Crippen LogP contribution in [0.5, 0.6) is 5.75 Å². The Kier molecular flexibility index (Phi) is 6.53. The molecular formula is C22H21ClN2O4S. The Morgan fingerprint density at radius 2 is 1.83 bits per heavy atom. The molecule has 0 N–H and O–H groups in total. The average molecular weight is 445 g/mol. The number of sulfone groups is 1. The quantitative estimate of drug-likeness (QED) is 0.309. The van der Waals surface area contributed by atoms with E-state index in [1.807, 2.05) is 25.1 Å². The lowest BCUT2D eigenvalue weighted by atomic mass is 10.0. The molecule has 156 valence electrons. The van der Waals surface area contributed by atoms with Gasteiger partial charge in [-0.05, 0) is 36.1 Å². The van der Waals surface area contributed by atoms with E-state index in [1.165, 1.54) is 0 Å². The molecule has 0 saturated carbocycles. The number of aryl methyl sites for hydroxylation is 1. The maximum Gasteiger partial charge on any atom is 0.364 e. The zero-order chi connectivity index (χ0) is 21.9. The molecule has 3 aromatic rings. The first-order chi connectivity index (χ1) is 14.2. The minimum Gasteiger partial charge on any atom is -0.422 e. The van der Waals surface area contributed by atoms with Gasteiger partial charge in [0.1, 0.15) is 5.75 Å². The summed E-state index contributed by atoms with van der Waals surface area (Å²) >= 11 is 6.03. The van der Waals surface area contributed by atoms with Crippen molar-refractivity contribution >= 4 is 27.4 Å². The number of halogens is 1. The van der Waals surface area contributed by atoms with Gasteiger partial charge in [0.15, 0.2) is 5.69 Å². The van der Waals surface area contributed by atoms with Gasteiger partial charge < -0.3 is 4.74 Å². The van der Waals surface area contributed by atoms with E-state index in [0.717, 1.165) is 17.3 Å². The third kappa shape index (κ3) is 5.23. The Morgan fingerprint density at radius 3 is 2.47 bits per heavy atom. The molecule has 6 nitrogen and oxygen atoms in total. The molecule has 0 aliphatic heterocycles. The zero-order valence-electron chi connectivity index (χ0n) is 16.8. The van der Waals surface area contributed by atoms with Crippen molar-refractivity contribution in [1.82, 2.24) is 9.97 Å². The van der Waals surface area contributed by atoms with Crippen LogP contribution in [0.2, 0.25) is 5.02 Å². The molecule has 0 amide bonds. The summed E-state index contributed by atoms with van der Waals surface area (Å²) in [6, 6.07) is 14.2. The fraction of sp³-hybridized carbons (Fsp3) is 0.227. The first kappa shape index (κ1) is 21.9. The number of ether oxygens (including phenoxy) is 1. The number of aromatic nitrogens is 2. The summed E-state index contributed by atoms with van der Waals surface area (Å²) in [5, 5.41) is -0.566. The zero-order valence-corrected chi connectivity index (χ0v) is 18.4. The summed E-state index contributed by atoms with van der Waals surface area (Å²) in [7, 11) is -3.88. The lowest BCUT2D eigenvalue weighted by molar-refractivity contribution is 0.0727. The van der Waals surface area contributed by atoms with Gasteiger partial charge in [-0.25, -0.2) is 23.2 Å². The smallest absolute Gasteiger partial charge is 0.364 e. The highest BCUT2D eigenvalue weighted by molar-refractivity contribution is 7.90. The topological polar surface area (TPSA) is 86.2 Å². The minimum absolute atomic E-state index is 0.0895. The van der Waals surface area contributed by atoms with Crippen molar-refractivity contribution in [2.45, 2.75) is 37.6 Å². The fourth-order valence-electron chi connectivity index (χ4n) is 2.81. The van der Waals surface area contributed by atoms with Gasteiger partial charge in [-0.15, -0.1) is 0 Å². The molecule has 0 atom stereocenters. The maximum absolute atomic E-state index is 12.7. The van der Waals surface area contributed by atoms with Gasteiger partial charge >= 0.3 is 5.97 Å². The molecule has 3 rings (SSSR count). The summed E-state index contributed by atoms with van der Waals surface area (Å²) in [6.45, 7) is 5.98. The Hall–Kier alpha value is -2.77. The largest absolute Gasteiger partial charge is 0.422 e. The van der Waals surface area contributed by atoms with Gasteiger partial charge in [-0.3, -0.25) is 0 Å². The number of nitrogens with zero attached hydrogens (tertiary/aromatic N) is 2. The lowest BCUT2D eigenvalue weighted by Gasteiger charge is -2.09. The van der Waals surface area contributed by atoms with Gasteiger partial charge in [0.2, 0.25) is 15.0 Å². The van der Waals surface area contributed by atoms with Crippen molar-refractivity contribution in [1.29, 1.82) is 0 Å². The second kappa shape index (κ2) is 8.93. The Bertz CT molecular complexity index is 1180. The van der Waals surface area contributed by atoms with Crippen LogP contribution in [0.4, 0.5) is 0 Å². The molecule has 0 saturated heterocycles. The van der Waals surface area contributed by atoms with E-state index in [1.54, 1.807) is 30.3 Å². The normalized spacial score (nSPS) is 11.5. The first-order valence-electron chi connectivity index (χ1n) is 9.28. The number of carbonyl (C=O) groups is 1. The highest BCUT2D eigenvalue weighted by atomic mass is 35.5. The predicted molar refractivity (Wildman–Crippen MR) is 115 cm³/mol. The van der Waals surface area contributed by atoms with Gasteiger partial charge in [0.25, 0.3) is 0 Å². The van der Waals surface area contributed by atoms with Gasteiger partial charge in [-0.2, -0.15) is 0 Å². The summed E-state index contributed by atoms with van der Waals surface area (Å²) in [5.74, 6) is -0.497. The first-order valence-corrected chi connectivity index (χ1v) is 11.3. The number of esters is 1. The van der Waals surface area contributed by atoms with Crippen molar-refractivity contribution < 1.29 is 17.9 Å². The lowest BCUT2D eigenvalue weighted by Crippen LogP contribution is -2.16. The molecule has 1 aromatic heterocycles. The van der Waals surface area contributed by atoms with Crippen molar-refractivity contribution in [3.8, 4) is 5.75 Å². The molecule has 0 aliphatic carbocycles. The number of hydrogen-bond acceptors (Lipinski definition) is 6. The minimum atomic E-state index is -3.88. The molecule has 0 aliphatic rings. The highest BCUT2D eigenvalue weighted by Crippen LogP contribution is 2.22. The van der Waals surface area contributed by atoms with E-state index in [9.17, 15) is 13.2 Å². The molecule has 0 unspecified atom stereocenters. The number of benzene rings is 2. The van der Waals surface area contributed by atoms with Crippen LogP contribution < -0.4 is 4.74 Å². The van der Waals surface area contributed by atoms with Crippen LogP contribution in [0, 0.1) is 6.92 Å². The Morgan fingerprint density at radius 1 is 1.13 bits per heavy atom. The molecule has 2 aromatic carbocycles. The van der Waals surface area contributed by atoms with E-state index < -0.39 is 21.0 Å². The SMILES string of the molecule is Cc1cccc(CS(=O)(=O)c2ncc(Cl)c(C(=O)Oc3ccc(C(C)C)cc3)n2)c1. The summed E-state index contributed by atoms with van der Waals surface area (Å²) in [4.78, 5) is 20.3. The Labute approximate surface area is 180 Å². The Balaban J connectivity index is 1.84. The molecule has 0 bridgehead atoms. The van der Waals surface area contributed by atoms with Crippen LogP contribution >= 0.6 is 11.6 Å². The van der Waals surface area contributed by atoms with E-state index in [-0.39, 0.29) is 16.5 Å². The summed E-state index contributed by atoms with van der Waals surface area (Å²) in [5.41, 5.74) is 2.33. The maximum atomic E-state index is 12.7. The van der Waals surface area contributed by atoms with Crippen molar-refractivity contribution in [3.63, 3.8) is 0 Å². The molecule has 0 spiro atoms. The van der Waals surface area contributed by atoms with E-state index in [4.69, 9.17) is 16.3 Å². The molecule has 0 radical (unpaired) electrons. The fourth-order valence-corrected chi connectivity index (χ4v) is 4.17. The van der Waals surface area contributed by atoms with Crippen molar-refractivity contribution in [2.24, 2.45) is 0 Å². The molecule has 0 fully saturated rings. The van der Waals surface area contributed by atoms with Gasteiger partial charge in [-0.1, -0.05) is 67.4 Å². The number of rotatable bonds is 6. The van der Waals surface area contributed by atoms with Crippen LogP contribution in [-0.2, 0) is 15.6 Å². The predicted octanol–water partition coefficient (Wildman–Crippen LogP) is 4.75. The monoisotopic (exact) mass is 444 g/mol. The third-order valence-corrected chi connectivity index (χ3v) is 6.13. The van der Waals surface area contributed by atoms with Crippen LogP contribution in [0.1, 0.15) is 46.9 Å². The van der Waals surface area contributed by atoms with Crippen molar-refractivity contribution in [2.75, 3.05) is 0 Å². The van der Waals surface area contributed by atoms with E-state index in [0.29, 0.717) is 17.2 Å². The highest BCUT2D eigenvalue weighted by Gasteiger charge is 2.24. The van der Waals surface area contributed by atoms with Crippen molar-refractivity contribution in [3.05, 3.63) is 82.1 Å². The van der Waals surface area contributed by atoms with Crippen LogP contribution in [0.3, 0.4) is 0 Å². The second-order valence-corrected chi connectivity index (χ2v) is 9.50. The van der Waals surface area contributed by atoms with E-state index >= 15 is 0 Å². The molecule has 30 heavy (non-hydrogen) atoms. The molecular weight excluding hydrogens is 424 g/mol. The summed E-state index contributed by atoms with van der Waals surface area (Å²) < 4.78 is 30.8. The van der Waals surface area contributed by atoms with Crippen LogP contribution in [0.15, 0.2) is 59.9 Å². The summed E-state index contributed by atoms with van der Waals surface area (Å²) in [6.07, 6.45) is 1.09.